The van der Waals surface area contributed by atoms with Crippen molar-refractivity contribution in [1.29, 1.82) is 0 Å². The molecule has 0 saturated carbocycles. The Bertz CT molecular complexity index is 638. The first kappa shape index (κ1) is 16.4. The Morgan fingerprint density at radius 3 is 2.86 bits per heavy atom. The van der Waals surface area contributed by atoms with Gasteiger partial charge in [0.05, 0.1) is 5.02 Å². The summed E-state index contributed by atoms with van der Waals surface area (Å²) in [6.07, 6.45) is 6.02. The second-order valence-corrected chi connectivity index (χ2v) is 6.59. The van der Waals surface area contributed by atoms with Crippen LogP contribution in [0.15, 0.2) is 22.8 Å². The molecule has 1 aromatic heterocycles. The van der Waals surface area contributed by atoms with Gasteiger partial charge in [0.25, 0.3) is 0 Å². The number of carboxylic acid groups (broad SMARTS) is 1. The molecular formula is C16H19BrClNO2. The molecule has 114 valence electrons. The van der Waals surface area contributed by atoms with Crippen molar-refractivity contribution in [2.75, 3.05) is 0 Å². The minimum absolute atomic E-state index is 0.234. The van der Waals surface area contributed by atoms with E-state index in [1.807, 2.05) is 18.3 Å². The number of aromatic amines is 1. The van der Waals surface area contributed by atoms with Crippen LogP contribution in [-0.4, -0.2) is 16.1 Å². The van der Waals surface area contributed by atoms with Gasteiger partial charge in [-0.2, -0.15) is 0 Å². The first-order valence-electron chi connectivity index (χ1n) is 7.20. The summed E-state index contributed by atoms with van der Waals surface area (Å²) in [5, 5.41) is 10.7. The van der Waals surface area contributed by atoms with Gasteiger partial charge in [-0.05, 0) is 58.8 Å². The minimum Gasteiger partial charge on any atom is -0.481 e. The number of carboxylic acids is 1. The van der Waals surface area contributed by atoms with Crippen LogP contribution in [0.2, 0.25) is 5.02 Å². The van der Waals surface area contributed by atoms with Gasteiger partial charge < -0.3 is 10.1 Å². The number of hydrogen-bond acceptors (Lipinski definition) is 1. The lowest BCUT2D eigenvalue weighted by Crippen LogP contribution is -2.01. The molecule has 0 amide bonds. The summed E-state index contributed by atoms with van der Waals surface area (Å²) in [6.45, 7) is 2.16. The summed E-state index contributed by atoms with van der Waals surface area (Å²) in [4.78, 5) is 14.0. The van der Waals surface area contributed by atoms with Gasteiger partial charge in [-0.15, -0.1) is 0 Å². The second-order valence-electron chi connectivity index (χ2n) is 5.33. The van der Waals surface area contributed by atoms with E-state index >= 15 is 0 Å². The van der Waals surface area contributed by atoms with Crippen molar-refractivity contribution >= 4 is 44.4 Å². The number of nitrogens with one attached hydrogen (secondary N) is 1. The van der Waals surface area contributed by atoms with Crippen LogP contribution in [0.5, 0.6) is 0 Å². The number of hydrogen-bond donors (Lipinski definition) is 2. The molecule has 0 bridgehead atoms. The average molecular weight is 373 g/mol. The van der Waals surface area contributed by atoms with E-state index in [9.17, 15) is 4.79 Å². The molecule has 2 aromatic rings. The molecule has 2 N–H and O–H groups in total. The fraction of sp³-hybridized carbons (Fsp3) is 0.438. The molecule has 21 heavy (non-hydrogen) atoms. The van der Waals surface area contributed by atoms with Gasteiger partial charge in [0.15, 0.2) is 0 Å². The van der Waals surface area contributed by atoms with Gasteiger partial charge in [0, 0.05) is 28.0 Å². The molecular weight excluding hydrogens is 354 g/mol. The lowest BCUT2D eigenvalue weighted by atomic mass is 9.89. The molecule has 0 aliphatic rings. The zero-order chi connectivity index (χ0) is 15.4. The lowest BCUT2D eigenvalue weighted by Gasteiger charge is -2.15. The van der Waals surface area contributed by atoms with Crippen LogP contribution in [0.3, 0.4) is 0 Å². The molecule has 2 rings (SSSR count). The normalized spacial score (nSPS) is 12.7. The van der Waals surface area contributed by atoms with Gasteiger partial charge in [-0.3, -0.25) is 4.79 Å². The quantitative estimate of drug-likeness (QED) is 0.653. The number of H-pyrrole nitrogens is 1. The van der Waals surface area contributed by atoms with Crippen molar-refractivity contribution in [3.05, 3.63) is 33.4 Å². The highest BCUT2D eigenvalue weighted by molar-refractivity contribution is 9.10. The largest absolute Gasteiger partial charge is 0.481 e. The molecule has 0 radical (unpaired) electrons. The van der Waals surface area contributed by atoms with E-state index in [0.29, 0.717) is 17.4 Å². The number of aromatic nitrogens is 1. The summed E-state index contributed by atoms with van der Waals surface area (Å²) >= 11 is 9.60. The first-order chi connectivity index (χ1) is 10.0. The number of aliphatic carboxylic acids is 1. The first-order valence-corrected chi connectivity index (χ1v) is 8.37. The van der Waals surface area contributed by atoms with Crippen molar-refractivity contribution in [1.82, 2.24) is 4.98 Å². The fourth-order valence-corrected chi connectivity index (χ4v) is 3.29. The Balaban J connectivity index is 2.27. The SMILES string of the molecule is CCCC(CCCC(=O)O)c1c[nH]c2cc(Cl)c(Br)cc12. The fourth-order valence-electron chi connectivity index (χ4n) is 2.78. The highest BCUT2D eigenvalue weighted by atomic mass is 79.9. The van der Waals surface area contributed by atoms with Crippen LogP contribution in [-0.2, 0) is 4.79 Å². The Morgan fingerprint density at radius 2 is 2.19 bits per heavy atom. The van der Waals surface area contributed by atoms with Crippen LogP contribution < -0.4 is 0 Å². The maximum Gasteiger partial charge on any atom is 0.303 e. The van der Waals surface area contributed by atoms with Crippen molar-refractivity contribution < 1.29 is 9.90 Å². The van der Waals surface area contributed by atoms with E-state index < -0.39 is 5.97 Å². The van der Waals surface area contributed by atoms with Crippen LogP contribution in [0.25, 0.3) is 10.9 Å². The number of carbonyl (C=O) groups is 1. The highest BCUT2D eigenvalue weighted by Gasteiger charge is 2.16. The zero-order valence-electron chi connectivity index (χ0n) is 12.0. The van der Waals surface area contributed by atoms with Crippen molar-refractivity contribution in [3.8, 4) is 0 Å². The highest BCUT2D eigenvalue weighted by Crippen LogP contribution is 2.36. The maximum absolute atomic E-state index is 10.7. The van der Waals surface area contributed by atoms with Gasteiger partial charge in [0.1, 0.15) is 0 Å². The molecule has 1 atom stereocenters. The Hall–Kier alpha value is -1.000. The summed E-state index contributed by atoms with van der Waals surface area (Å²) < 4.78 is 0.887. The summed E-state index contributed by atoms with van der Waals surface area (Å²) in [5.41, 5.74) is 2.28. The maximum atomic E-state index is 10.7. The van der Waals surface area contributed by atoms with Gasteiger partial charge >= 0.3 is 5.97 Å². The molecule has 0 aliphatic carbocycles. The van der Waals surface area contributed by atoms with E-state index in [1.165, 1.54) is 10.9 Å². The van der Waals surface area contributed by atoms with E-state index in [-0.39, 0.29) is 6.42 Å². The third kappa shape index (κ3) is 4.01. The molecule has 1 unspecified atom stereocenters. The summed E-state index contributed by atoms with van der Waals surface area (Å²) in [7, 11) is 0. The van der Waals surface area contributed by atoms with Gasteiger partial charge in [-0.1, -0.05) is 24.9 Å². The zero-order valence-corrected chi connectivity index (χ0v) is 14.3. The number of halogens is 2. The smallest absolute Gasteiger partial charge is 0.303 e. The second kappa shape index (κ2) is 7.32. The minimum atomic E-state index is -0.723. The molecule has 0 saturated heterocycles. The monoisotopic (exact) mass is 371 g/mol. The predicted octanol–water partition coefficient (Wildman–Crippen LogP) is 5.72. The Labute approximate surface area is 137 Å². The van der Waals surface area contributed by atoms with E-state index in [2.05, 4.69) is 27.8 Å². The number of benzene rings is 1. The average Bonchev–Trinajstić information content (AvgIpc) is 2.81. The Morgan fingerprint density at radius 1 is 1.43 bits per heavy atom. The van der Waals surface area contributed by atoms with Crippen LogP contribution in [0.1, 0.15) is 50.5 Å². The van der Waals surface area contributed by atoms with E-state index in [1.54, 1.807) is 0 Å². The van der Waals surface area contributed by atoms with E-state index in [0.717, 1.165) is 29.3 Å². The molecule has 3 nitrogen and oxygen atoms in total. The molecule has 0 aliphatic heterocycles. The van der Waals surface area contributed by atoms with Crippen molar-refractivity contribution in [2.45, 2.75) is 44.9 Å². The topological polar surface area (TPSA) is 53.1 Å². The Kier molecular flexibility index (Phi) is 5.71. The third-order valence-electron chi connectivity index (χ3n) is 3.77. The number of rotatable bonds is 7. The third-order valence-corrected chi connectivity index (χ3v) is 4.97. The van der Waals surface area contributed by atoms with Gasteiger partial charge in [0.2, 0.25) is 0 Å². The van der Waals surface area contributed by atoms with Gasteiger partial charge in [-0.25, -0.2) is 0 Å². The summed E-state index contributed by atoms with van der Waals surface area (Å²) in [5.74, 6) is -0.338. The van der Waals surface area contributed by atoms with Crippen LogP contribution in [0, 0.1) is 0 Å². The molecule has 1 aromatic carbocycles. The molecule has 1 heterocycles. The van der Waals surface area contributed by atoms with Crippen LogP contribution in [0.4, 0.5) is 0 Å². The molecule has 0 fully saturated rings. The van der Waals surface area contributed by atoms with Crippen molar-refractivity contribution in [2.24, 2.45) is 0 Å². The standard InChI is InChI=1S/C16H19BrClNO2/c1-2-4-10(5-3-6-16(20)21)12-9-19-15-8-14(18)13(17)7-11(12)15/h7-10,19H,2-6H2,1H3,(H,20,21). The van der Waals surface area contributed by atoms with E-state index in [4.69, 9.17) is 16.7 Å². The predicted molar refractivity (Wildman–Crippen MR) is 90.1 cm³/mol. The van der Waals surface area contributed by atoms with Crippen LogP contribution >= 0.6 is 27.5 Å². The molecule has 5 heteroatoms. The summed E-state index contributed by atoms with van der Waals surface area (Å²) in [6, 6.07) is 3.97. The lowest BCUT2D eigenvalue weighted by molar-refractivity contribution is -0.137. The van der Waals surface area contributed by atoms with Crippen molar-refractivity contribution in [3.63, 3.8) is 0 Å². The molecule has 0 spiro atoms. The number of fused-ring (bicyclic) bond motifs is 1.